The van der Waals surface area contributed by atoms with Gasteiger partial charge < -0.3 is 15.5 Å². The van der Waals surface area contributed by atoms with Crippen molar-refractivity contribution >= 4 is 11.9 Å². The van der Waals surface area contributed by atoms with Crippen molar-refractivity contribution in [2.75, 3.05) is 27.2 Å². The first-order chi connectivity index (χ1) is 12.7. The van der Waals surface area contributed by atoms with Crippen LogP contribution in [0.2, 0.25) is 0 Å². The fraction of sp³-hybridized carbons (Fsp3) is 0.333. The summed E-state index contributed by atoms with van der Waals surface area (Å²) in [6.45, 7) is 2.61. The van der Waals surface area contributed by atoms with Gasteiger partial charge in [0.05, 0.1) is 0 Å². The number of hydrogen-bond donors (Lipinski definition) is 2. The summed E-state index contributed by atoms with van der Waals surface area (Å²) in [6.07, 6.45) is 1.14. The topological polar surface area (TPSA) is 56.7 Å². The lowest BCUT2D eigenvalue weighted by molar-refractivity contribution is 0.0963. The van der Waals surface area contributed by atoms with E-state index in [0.717, 1.165) is 31.0 Å². The first-order valence-corrected chi connectivity index (χ1v) is 9.03. The summed E-state index contributed by atoms with van der Waals surface area (Å²) in [5.74, 6) is 1.39. The number of likely N-dealkylation sites (tertiary alicyclic amines) is 1. The molecule has 5 heteroatoms. The second-order valence-corrected chi connectivity index (χ2v) is 6.52. The van der Waals surface area contributed by atoms with Gasteiger partial charge in [-0.2, -0.15) is 0 Å². The van der Waals surface area contributed by atoms with Crippen LogP contribution in [-0.2, 0) is 6.54 Å². The molecule has 2 N–H and O–H groups in total. The van der Waals surface area contributed by atoms with Gasteiger partial charge >= 0.3 is 0 Å². The van der Waals surface area contributed by atoms with Crippen LogP contribution in [0.15, 0.2) is 59.6 Å². The maximum absolute atomic E-state index is 11.8. The van der Waals surface area contributed by atoms with E-state index in [-0.39, 0.29) is 5.91 Å². The average Bonchev–Trinajstić information content (AvgIpc) is 3.19. The van der Waals surface area contributed by atoms with Gasteiger partial charge in [0.15, 0.2) is 5.96 Å². The molecule has 1 aliphatic rings. The maximum atomic E-state index is 11.8. The molecule has 26 heavy (non-hydrogen) atoms. The summed E-state index contributed by atoms with van der Waals surface area (Å²) in [5.41, 5.74) is 3.13. The minimum Gasteiger partial charge on any atom is -0.355 e. The Morgan fingerprint density at radius 1 is 1.19 bits per heavy atom. The predicted molar refractivity (Wildman–Crippen MR) is 105 cm³/mol. The van der Waals surface area contributed by atoms with Crippen molar-refractivity contribution in [3.8, 4) is 0 Å². The second kappa shape index (κ2) is 8.52. The second-order valence-electron chi connectivity index (χ2n) is 6.52. The number of guanidine groups is 1. The Labute approximate surface area is 155 Å². The highest BCUT2D eigenvalue weighted by molar-refractivity contribution is 5.94. The van der Waals surface area contributed by atoms with Gasteiger partial charge in [0.25, 0.3) is 5.91 Å². The molecule has 1 fully saturated rings. The van der Waals surface area contributed by atoms with Gasteiger partial charge in [0.1, 0.15) is 0 Å². The number of amides is 1. The van der Waals surface area contributed by atoms with Gasteiger partial charge in [0.2, 0.25) is 0 Å². The van der Waals surface area contributed by atoms with Crippen LogP contribution in [0.1, 0.15) is 33.8 Å². The van der Waals surface area contributed by atoms with E-state index in [0.29, 0.717) is 18.0 Å². The molecule has 5 nitrogen and oxygen atoms in total. The molecular weight excluding hydrogens is 324 g/mol. The molecule has 2 aromatic carbocycles. The lowest BCUT2D eigenvalue weighted by Gasteiger charge is -2.22. The Morgan fingerprint density at radius 3 is 2.73 bits per heavy atom. The molecule has 0 aliphatic carbocycles. The number of rotatable bonds is 4. The first kappa shape index (κ1) is 18.0. The van der Waals surface area contributed by atoms with E-state index in [1.807, 2.05) is 31.3 Å². The SMILES string of the molecule is CN=C(NCc1cccc(C(=O)NC)c1)N1CCC(c2ccccc2)C1. The lowest BCUT2D eigenvalue weighted by atomic mass is 9.99. The van der Waals surface area contributed by atoms with E-state index < -0.39 is 0 Å². The molecule has 0 aromatic heterocycles. The molecule has 136 valence electrons. The summed E-state index contributed by atoms with van der Waals surface area (Å²) in [7, 11) is 3.46. The molecule has 0 radical (unpaired) electrons. The van der Waals surface area contributed by atoms with Gasteiger partial charge in [-0.05, 0) is 29.7 Å². The Balaban J connectivity index is 1.60. The van der Waals surface area contributed by atoms with E-state index in [4.69, 9.17) is 0 Å². The summed E-state index contributed by atoms with van der Waals surface area (Å²) in [4.78, 5) is 18.5. The maximum Gasteiger partial charge on any atom is 0.251 e. The molecule has 3 rings (SSSR count). The van der Waals surface area contributed by atoms with Gasteiger partial charge in [-0.3, -0.25) is 9.79 Å². The fourth-order valence-electron chi connectivity index (χ4n) is 3.43. The summed E-state index contributed by atoms with van der Waals surface area (Å²) < 4.78 is 0. The van der Waals surface area contributed by atoms with Crippen LogP contribution in [0.5, 0.6) is 0 Å². The van der Waals surface area contributed by atoms with Crippen molar-refractivity contribution in [1.29, 1.82) is 0 Å². The Bertz CT molecular complexity index is 773. The standard InChI is InChI=1S/C21H26N4O/c1-22-20(26)18-10-6-7-16(13-18)14-24-21(23-2)25-12-11-19(15-25)17-8-4-3-5-9-17/h3-10,13,19H,11-12,14-15H2,1-2H3,(H,22,26)(H,23,24). The third-order valence-electron chi connectivity index (χ3n) is 4.84. The van der Waals surface area contributed by atoms with Gasteiger partial charge in [-0.15, -0.1) is 0 Å². The molecule has 1 saturated heterocycles. The molecule has 1 heterocycles. The van der Waals surface area contributed by atoms with Crippen molar-refractivity contribution in [2.24, 2.45) is 4.99 Å². The van der Waals surface area contributed by atoms with E-state index in [1.165, 1.54) is 5.56 Å². The quantitative estimate of drug-likeness (QED) is 0.658. The van der Waals surface area contributed by atoms with Crippen LogP contribution in [-0.4, -0.2) is 44.0 Å². The first-order valence-electron chi connectivity index (χ1n) is 9.03. The predicted octanol–water partition coefficient (Wildman–Crippen LogP) is 2.61. The van der Waals surface area contributed by atoms with Crippen LogP contribution in [0.25, 0.3) is 0 Å². The lowest BCUT2D eigenvalue weighted by Crippen LogP contribution is -2.39. The van der Waals surface area contributed by atoms with E-state index in [9.17, 15) is 4.79 Å². The third-order valence-corrected chi connectivity index (χ3v) is 4.84. The Morgan fingerprint density at radius 2 is 2.00 bits per heavy atom. The van der Waals surface area contributed by atoms with E-state index >= 15 is 0 Å². The van der Waals surface area contributed by atoms with Crippen LogP contribution in [0, 0.1) is 0 Å². The van der Waals surface area contributed by atoms with Gasteiger partial charge in [-0.1, -0.05) is 42.5 Å². The average molecular weight is 350 g/mol. The van der Waals surface area contributed by atoms with Crippen molar-refractivity contribution in [2.45, 2.75) is 18.9 Å². The minimum atomic E-state index is -0.0681. The van der Waals surface area contributed by atoms with Gasteiger partial charge in [0, 0.05) is 45.2 Å². The monoisotopic (exact) mass is 350 g/mol. The number of nitrogens with one attached hydrogen (secondary N) is 2. The molecule has 1 atom stereocenters. The van der Waals surface area contributed by atoms with Crippen LogP contribution < -0.4 is 10.6 Å². The van der Waals surface area contributed by atoms with E-state index in [2.05, 4.69) is 50.9 Å². The highest BCUT2D eigenvalue weighted by atomic mass is 16.1. The normalized spacial score (nSPS) is 17.2. The summed E-state index contributed by atoms with van der Waals surface area (Å²) in [6, 6.07) is 18.3. The van der Waals surface area contributed by atoms with Crippen molar-refractivity contribution in [1.82, 2.24) is 15.5 Å². The number of benzene rings is 2. The van der Waals surface area contributed by atoms with E-state index in [1.54, 1.807) is 7.05 Å². The Kier molecular flexibility index (Phi) is 5.89. The zero-order valence-corrected chi connectivity index (χ0v) is 15.4. The number of carbonyl (C=O) groups is 1. The fourth-order valence-corrected chi connectivity index (χ4v) is 3.43. The zero-order chi connectivity index (χ0) is 18.4. The molecule has 0 spiro atoms. The van der Waals surface area contributed by atoms with Crippen molar-refractivity contribution < 1.29 is 4.79 Å². The summed E-state index contributed by atoms with van der Waals surface area (Å²) >= 11 is 0. The summed E-state index contributed by atoms with van der Waals surface area (Å²) in [5, 5.41) is 6.09. The Hall–Kier alpha value is -2.82. The molecule has 1 amide bonds. The number of nitrogens with zero attached hydrogens (tertiary/aromatic N) is 2. The highest BCUT2D eigenvalue weighted by Gasteiger charge is 2.25. The number of carbonyl (C=O) groups excluding carboxylic acids is 1. The molecule has 2 aromatic rings. The molecule has 1 aliphatic heterocycles. The zero-order valence-electron chi connectivity index (χ0n) is 15.4. The van der Waals surface area contributed by atoms with Crippen molar-refractivity contribution in [3.05, 3.63) is 71.3 Å². The van der Waals surface area contributed by atoms with Crippen LogP contribution in [0.4, 0.5) is 0 Å². The molecule has 1 unspecified atom stereocenters. The van der Waals surface area contributed by atoms with Crippen LogP contribution >= 0.6 is 0 Å². The van der Waals surface area contributed by atoms with Crippen LogP contribution in [0.3, 0.4) is 0 Å². The number of hydrogen-bond acceptors (Lipinski definition) is 2. The molecule has 0 saturated carbocycles. The molecular formula is C21H26N4O. The minimum absolute atomic E-state index is 0.0681. The smallest absolute Gasteiger partial charge is 0.251 e. The number of aliphatic imine (C=N–C) groups is 1. The third kappa shape index (κ3) is 4.23. The molecule has 0 bridgehead atoms. The highest BCUT2D eigenvalue weighted by Crippen LogP contribution is 2.26. The van der Waals surface area contributed by atoms with Gasteiger partial charge in [-0.25, -0.2) is 0 Å². The largest absolute Gasteiger partial charge is 0.355 e. The van der Waals surface area contributed by atoms with Crippen molar-refractivity contribution in [3.63, 3.8) is 0 Å².